The number of rotatable bonds is 5. The first-order valence-corrected chi connectivity index (χ1v) is 8.19. The number of halogens is 1. The van der Waals surface area contributed by atoms with E-state index in [2.05, 4.69) is 11.1 Å². The summed E-state index contributed by atoms with van der Waals surface area (Å²) in [6, 6.07) is 14.5. The lowest BCUT2D eigenvalue weighted by Gasteiger charge is -2.14. The molecule has 1 amide bonds. The van der Waals surface area contributed by atoms with Crippen LogP contribution in [0.5, 0.6) is 0 Å². The van der Waals surface area contributed by atoms with E-state index in [-0.39, 0.29) is 11.7 Å². The van der Waals surface area contributed by atoms with Crippen LogP contribution < -0.4 is 0 Å². The average molecular weight is 324 g/mol. The van der Waals surface area contributed by atoms with Gasteiger partial charge in [0.15, 0.2) is 0 Å². The number of nitrogens with one attached hydrogen (secondary N) is 1. The fourth-order valence-corrected chi connectivity index (χ4v) is 2.92. The Morgan fingerprint density at radius 2 is 1.83 bits per heavy atom. The highest BCUT2D eigenvalue weighted by molar-refractivity contribution is 5.91. The second-order valence-electron chi connectivity index (χ2n) is 5.94. The van der Waals surface area contributed by atoms with Gasteiger partial charge in [0.25, 0.3) is 0 Å². The maximum Gasteiger partial charge on any atom is 0.222 e. The molecular formula is C20H21FN2O. The van der Waals surface area contributed by atoms with E-state index in [1.807, 2.05) is 32.2 Å². The molecule has 124 valence electrons. The first kappa shape index (κ1) is 16.2. The van der Waals surface area contributed by atoms with Gasteiger partial charge in [0.05, 0.1) is 0 Å². The van der Waals surface area contributed by atoms with Gasteiger partial charge in [-0.05, 0) is 54.8 Å². The lowest BCUT2D eigenvalue weighted by molar-refractivity contribution is -0.129. The van der Waals surface area contributed by atoms with Crippen molar-refractivity contribution >= 4 is 16.8 Å². The van der Waals surface area contributed by atoms with Gasteiger partial charge in [0.2, 0.25) is 5.91 Å². The Morgan fingerprint density at radius 1 is 1.12 bits per heavy atom. The molecule has 0 atom stereocenters. The molecule has 0 bridgehead atoms. The summed E-state index contributed by atoms with van der Waals surface area (Å²) < 4.78 is 13.2. The Kier molecular flexibility index (Phi) is 4.65. The first-order valence-electron chi connectivity index (χ1n) is 8.19. The van der Waals surface area contributed by atoms with Crippen LogP contribution in [0, 0.1) is 5.82 Å². The van der Waals surface area contributed by atoms with Crippen LogP contribution in [0.1, 0.15) is 18.9 Å². The van der Waals surface area contributed by atoms with E-state index < -0.39 is 0 Å². The van der Waals surface area contributed by atoms with Gasteiger partial charge in [-0.25, -0.2) is 4.39 Å². The second kappa shape index (κ2) is 6.87. The van der Waals surface area contributed by atoms with E-state index in [1.54, 1.807) is 17.0 Å². The molecule has 2 aromatic carbocycles. The van der Waals surface area contributed by atoms with Crippen molar-refractivity contribution in [2.45, 2.75) is 19.8 Å². The van der Waals surface area contributed by atoms with Crippen LogP contribution in [0.25, 0.3) is 22.2 Å². The number of carbonyl (C=O) groups is 1. The Balaban J connectivity index is 1.99. The number of carbonyl (C=O) groups excluding carboxylic acids is 1. The zero-order valence-electron chi connectivity index (χ0n) is 14.0. The summed E-state index contributed by atoms with van der Waals surface area (Å²) in [5, 5.41) is 1.11. The van der Waals surface area contributed by atoms with Gasteiger partial charge in [-0.2, -0.15) is 0 Å². The molecule has 0 fully saturated rings. The lowest BCUT2D eigenvalue weighted by atomic mass is 10.0. The molecule has 0 aliphatic heterocycles. The van der Waals surface area contributed by atoms with Gasteiger partial charge in [-0.3, -0.25) is 4.79 Å². The molecule has 1 heterocycles. The standard InChI is InChI=1S/C20H21FN2O/c1-3-23(2)19(24)13-12-17-16-6-4-5-7-18(16)22-20(17)14-8-10-15(21)11-9-14/h4-11,22H,3,12-13H2,1-2H3. The molecule has 0 saturated heterocycles. The zero-order valence-corrected chi connectivity index (χ0v) is 14.0. The average Bonchev–Trinajstić information content (AvgIpc) is 2.98. The Hall–Kier alpha value is -2.62. The van der Waals surface area contributed by atoms with Crippen molar-refractivity contribution in [2.75, 3.05) is 13.6 Å². The van der Waals surface area contributed by atoms with Crippen molar-refractivity contribution in [2.24, 2.45) is 0 Å². The van der Waals surface area contributed by atoms with Gasteiger partial charge in [-0.1, -0.05) is 18.2 Å². The lowest BCUT2D eigenvalue weighted by Crippen LogP contribution is -2.26. The van der Waals surface area contributed by atoms with E-state index in [1.165, 1.54) is 12.1 Å². The van der Waals surface area contributed by atoms with Crippen LogP contribution in [-0.4, -0.2) is 29.4 Å². The van der Waals surface area contributed by atoms with Gasteiger partial charge in [0.1, 0.15) is 5.82 Å². The summed E-state index contributed by atoms with van der Waals surface area (Å²) in [6.45, 7) is 2.67. The van der Waals surface area contributed by atoms with Crippen LogP contribution in [0.15, 0.2) is 48.5 Å². The van der Waals surface area contributed by atoms with Crippen molar-refractivity contribution in [1.82, 2.24) is 9.88 Å². The summed E-state index contributed by atoms with van der Waals surface area (Å²) in [7, 11) is 1.82. The van der Waals surface area contributed by atoms with Crippen LogP contribution in [-0.2, 0) is 11.2 Å². The predicted octanol–water partition coefficient (Wildman–Crippen LogP) is 4.38. The highest BCUT2D eigenvalue weighted by atomic mass is 19.1. The minimum Gasteiger partial charge on any atom is -0.354 e. The number of amides is 1. The monoisotopic (exact) mass is 324 g/mol. The van der Waals surface area contributed by atoms with Gasteiger partial charge < -0.3 is 9.88 Å². The minimum absolute atomic E-state index is 0.132. The molecule has 1 N–H and O–H groups in total. The quantitative estimate of drug-likeness (QED) is 0.742. The topological polar surface area (TPSA) is 36.1 Å². The highest BCUT2D eigenvalue weighted by Crippen LogP contribution is 2.31. The fourth-order valence-electron chi connectivity index (χ4n) is 2.92. The molecule has 0 saturated carbocycles. The van der Waals surface area contributed by atoms with Crippen molar-refractivity contribution < 1.29 is 9.18 Å². The zero-order chi connectivity index (χ0) is 17.1. The molecule has 4 heteroatoms. The molecule has 1 aromatic heterocycles. The van der Waals surface area contributed by atoms with Gasteiger partial charge in [0, 0.05) is 36.6 Å². The molecule has 3 nitrogen and oxygen atoms in total. The van der Waals surface area contributed by atoms with E-state index >= 15 is 0 Å². The summed E-state index contributed by atoms with van der Waals surface area (Å²) in [5.74, 6) is -0.121. The molecule has 3 aromatic rings. The molecule has 0 aliphatic carbocycles. The van der Waals surface area contributed by atoms with Crippen molar-refractivity contribution in [3.63, 3.8) is 0 Å². The largest absolute Gasteiger partial charge is 0.354 e. The van der Waals surface area contributed by atoms with Gasteiger partial charge >= 0.3 is 0 Å². The number of nitrogens with zero attached hydrogens (tertiary/aromatic N) is 1. The summed E-state index contributed by atoms with van der Waals surface area (Å²) in [5.41, 5.74) is 4.03. The maximum atomic E-state index is 13.2. The third kappa shape index (κ3) is 3.18. The highest BCUT2D eigenvalue weighted by Gasteiger charge is 2.15. The summed E-state index contributed by atoms with van der Waals surface area (Å²) in [4.78, 5) is 17.3. The number of para-hydroxylation sites is 1. The SMILES string of the molecule is CCN(C)C(=O)CCc1c(-c2ccc(F)cc2)[nH]c2ccccc12. The van der Waals surface area contributed by atoms with Crippen LogP contribution in [0.2, 0.25) is 0 Å². The minimum atomic E-state index is -0.254. The Morgan fingerprint density at radius 3 is 2.54 bits per heavy atom. The summed E-state index contributed by atoms with van der Waals surface area (Å²) in [6.07, 6.45) is 1.11. The first-order chi connectivity index (χ1) is 11.6. The molecular weight excluding hydrogens is 303 g/mol. The predicted molar refractivity (Wildman–Crippen MR) is 95.3 cm³/mol. The van der Waals surface area contributed by atoms with Gasteiger partial charge in [-0.15, -0.1) is 0 Å². The van der Waals surface area contributed by atoms with Crippen molar-refractivity contribution in [1.29, 1.82) is 0 Å². The van der Waals surface area contributed by atoms with Crippen molar-refractivity contribution in [3.05, 3.63) is 59.9 Å². The Bertz CT molecular complexity index is 852. The molecule has 24 heavy (non-hydrogen) atoms. The van der Waals surface area contributed by atoms with Crippen LogP contribution >= 0.6 is 0 Å². The van der Waals surface area contributed by atoms with Crippen LogP contribution in [0.3, 0.4) is 0 Å². The third-order valence-corrected chi connectivity index (χ3v) is 4.44. The molecule has 0 radical (unpaired) electrons. The number of aryl methyl sites for hydroxylation is 1. The normalized spacial score (nSPS) is 11.0. The van der Waals surface area contributed by atoms with E-state index in [0.717, 1.165) is 27.7 Å². The third-order valence-electron chi connectivity index (χ3n) is 4.44. The smallest absolute Gasteiger partial charge is 0.222 e. The van der Waals surface area contributed by atoms with Crippen molar-refractivity contribution in [3.8, 4) is 11.3 Å². The summed E-state index contributed by atoms with van der Waals surface area (Å²) >= 11 is 0. The maximum absolute atomic E-state index is 13.2. The number of aromatic nitrogens is 1. The second-order valence-corrected chi connectivity index (χ2v) is 5.94. The molecule has 0 spiro atoms. The van der Waals surface area contributed by atoms with E-state index in [0.29, 0.717) is 19.4 Å². The number of aromatic amines is 1. The number of benzene rings is 2. The fraction of sp³-hybridized carbons (Fsp3) is 0.250. The Labute approximate surface area is 141 Å². The number of fused-ring (bicyclic) bond motifs is 1. The number of hydrogen-bond acceptors (Lipinski definition) is 1. The van der Waals surface area contributed by atoms with E-state index in [4.69, 9.17) is 0 Å². The molecule has 0 unspecified atom stereocenters. The number of hydrogen-bond donors (Lipinski definition) is 1. The number of H-pyrrole nitrogens is 1. The van der Waals surface area contributed by atoms with Crippen LogP contribution in [0.4, 0.5) is 4.39 Å². The molecule has 3 rings (SSSR count). The van der Waals surface area contributed by atoms with E-state index in [9.17, 15) is 9.18 Å². The molecule has 0 aliphatic rings.